The predicted octanol–water partition coefficient (Wildman–Crippen LogP) is 4.31. The van der Waals surface area contributed by atoms with Crippen molar-refractivity contribution in [2.45, 2.75) is 26.8 Å². The number of rotatable bonds is 4. The number of hydrogen-bond acceptors (Lipinski definition) is 1. The first kappa shape index (κ1) is 12.6. The molecule has 94 valence electrons. The van der Waals surface area contributed by atoms with Gasteiger partial charge in [0.15, 0.2) is 0 Å². The maximum Gasteiger partial charge on any atom is 0.146 e. The van der Waals surface area contributed by atoms with Crippen LogP contribution in [0, 0.1) is 12.7 Å². The van der Waals surface area contributed by atoms with Gasteiger partial charge < -0.3 is 5.32 Å². The van der Waals surface area contributed by atoms with E-state index in [-0.39, 0.29) is 5.82 Å². The van der Waals surface area contributed by atoms with Crippen LogP contribution in [0.3, 0.4) is 0 Å². The summed E-state index contributed by atoms with van der Waals surface area (Å²) in [5.74, 6) is -0.194. The van der Waals surface area contributed by atoms with Crippen molar-refractivity contribution in [3.63, 3.8) is 0 Å². The summed E-state index contributed by atoms with van der Waals surface area (Å²) in [5.41, 5.74) is 4.01. The van der Waals surface area contributed by atoms with Crippen LogP contribution in [0.15, 0.2) is 42.5 Å². The highest BCUT2D eigenvalue weighted by atomic mass is 19.1. The highest BCUT2D eigenvalue weighted by Crippen LogP contribution is 2.19. The molecule has 2 aromatic rings. The standard InChI is InChI=1S/C16H18FN/c1-3-13-7-9-14(10-8-13)11-18-16-12(2)5-4-6-15(16)17/h4-10,18H,3,11H2,1-2H3. The van der Waals surface area contributed by atoms with E-state index in [9.17, 15) is 4.39 Å². The van der Waals surface area contributed by atoms with Gasteiger partial charge in [-0.2, -0.15) is 0 Å². The van der Waals surface area contributed by atoms with Crippen molar-refractivity contribution in [2.75, 3.05) is 5.32 Å². The van der Waals surface area contributed by atoms with Gasteiger partial charge in [0.1, 0.15) is 5.82 Å². The molecule has 0 aliphatic carbocycles. The zero-order valence-electron chi connectivity index (χ0n) is 10.8. The minimum atomic E-state index is -0.194. The lowest BCUT2D eigenvalue weighted by Crippen LogP contribution is -2.03. The molecule has 0 fully saturated rings. The van der Waals surface area contributed by atoms with Gasteiger partial charge in [0, 0.05) is 6.54 Å². The summed E-state index contributed by atoms with van der Waals surface area (Å²) in [7, 11) is 0. The first-order chi connectivity index (χ1) is 8.70. The van der Waals surface area contributed by atoms with E-state index in [0.29, 0.717) is 12.2 Å². The third-order valence-corrected chi connectivity index (χ3v) is 3.12. The Hall–Kier alpha value is -1.83. The molecule has 0 aliphatic rings. The van der Waals surface area contributed by atoms with E-state index >= 15 is 0 Å². The molecule has 0 radical (unpaired) electrons. The average molecular weight is 243 g/mol. The molecule has 0 saturated heterocycles. The Labute approximate surface area is 108 Å². The van der Waals surface area contributed by atoms with Gasteiger partial charge in [0.2, 0.25) is 0 Å². The first-order valence-electron chi connectivity index (χ1n) is 6.27. The molecule has 0 aliphatic heterocycles. The van der Waals surface area contributed by atoms with E-state index in [2.05, 4.69) is 36.5 Å². The summed E-state index contributed by atoms with van der Waals surface area (Å²) in [4.78, 5) is 0. The fourth-order valence-corrected chi connectivity index (χ4v) is 1.94. The van der Waals surface area contributed by atoms with Crippen LogP contribution in [0.1, 0.15) is 23.6 Å². The zero-order valence-corrected chi connectivity index (χ0v) is 10.8. The van der Waals surface area contributed by atoms with Gasteiger partial charge in [0.25, 0.3) is 0 Å². The van der Waals surface area contributed by atoms with Gasteiger partial charge in [-0.3, -0.25) is 0 Å². The molecule has 0 heterocycles. The van der Waals surface area contributed by atoms with Crippen LogP contribution in [-0.4, -0.2) is 0 Å². The van der Waals surface area contributed by atoms with E-state index in [1.54, 1.807) is 6.07 Å². The lowest BCUT2D eigenvalue weighted by atomic mass is 10.1. The lowest BCUT2D eigenvalue weighted by Gasteiger charge is -2.10. The Balaban J connectivity index is 2.06. The first-order valence-corrected chi connectivity index (χ1v) is 6.27. The molecule has 18 heavy (non-hydrogen) atoms. The SMILES string of the molecule is CCc1ccc(CNc2c(C)cccc2F)cc1. The van der Waals surface area contributed by atoms with Gasteiger partial charge in [-0.05, 0) is 36.1 Å². The van der Waals surface area contributed by atoms with Crippen LogP contribution in [0.25, 0.3) is 0 Å². The number of halogens is 1. The molecule has 0 unspecified atom stereocenters. The van der Waals surface area contributed by atoms with Crippen LogP contribution in [-0.2, 0) is 13.0 Å². The molecule has 2 rings (SSSR count). The molecule has 0 atom stereocenters. The number of aryl methyl sites for hydroxylation is 2. The van der Waals surface area contributed by atoms with Crippen molar-refractivity contribution in [1.29, 1.82) is 0 Å². The summed E-state index contributed by atoms with van der Waals surface area (Å²) in [6, 6.07) is 13.5. The second-order valence-electron chi connectivity index (χ2n) is 4.46. The van der Waals surface area contributed by atoms with Crippen LogP contribution >= 0.6 is 0 Å². The summed E-state index contributed by atoms with van der Waals surface area (Å²) in [6.07, 6.45) is 1.04. The van der Waals surface area contributed by atoms with Crippen molar-refractivity contribution in [2.24, 2.45) is 0 Å². The van der Waals surface area contributed by atoms with Crippen molar-refractivity contribution >= 4 is 5.69 Å². The number of nitrogens with one attached hydrogen (secondary N) is 1. The Morgan fingerprint density at radius 3 is 2.28 bits per heavy atom. The van der Waals surface area contributed by atoms with Gasteiger partial charge in [-0.15, -0.1) is 0 Å². The Bertz CT molecular complexity index is 497. The van der Waals surface area contributed by atoms with E-state index in [1.807, 2.05) is 13.0 Å². The topological polar surface area (TPSA) is 12.0 Å². The largest absolute Gasteiger partial charge is 0.378 e. The minimum Gasteiger partial charge on any atom is -0.378 e. The fraction of sp³-hybridized carbons (Fsp3) is 0.250. The van der Waals surface area contributed by atoms with Gasteiger partial charge >= 0.3 is 0 Å². The van der Waals surface area contributed by atoms with Gasteiger partial charge in [0.05, 0.1) is 5.69 Å². The summed E-state index contributed by atoms with van der Waals surface area (Å²) < 4.78 is 13.6. The molecular formula is C16H18FN. The van der Waals surface area contributed by atoms with E-state index in [4.69, 9.17) is 0 Å². The monoisotopic (exact) mass is 243 g/mol. The molecule has 0 spiro atoms. The number of benzene rings is 2. The fourth-order valence-electron chi connectivity index (χ4n) is 1.94. The van der Waals surface area contributed by atoms with Crippen molar-refractivity contribution in [3.8, 4) is 0 Å². The van der Waals surface area contributed by atoms with Crippen molar-refractivity contribution in [1.82, 2.24) is 0 Å². The molecule has 0 amide bonds. The Morgan fingerprint density at radius 1 is 1.00 bits per heavy atom. The molecule has 1 nitrogen and oxygen atoms in total. The Morgan fingerprint density at radius 2 is 1.67 bits per heavy atom. The molecule has 2 aromatic carbocycles. The summed E-state index contributed by atoms with van der Waals surface area (Å²) in [6.45, 7) is 4.69. The maximum absolute atomic E-state index is 13.6. The highest BCUT2D eigenvalue weighted by molar-refractivity contribution is 5.52. The third kappa shape index (κ3) is 2.89. The van der Waals surface area contributed by atoms with Gasteiger partial charge in [-0.25, -0.2) is 4.39 Å². The predicted molar refractivity (Wildman–Crippen MR) is 74.3 cm³/mol. The van der Waals surface area contributed by atoms with Crippen molar-refractivity contribution < 1.29 is 4.39 Å². The number of para-hydroxylation sites is 1. The molecule has 0 aromatic heterocycles. The molecule has 2 heteroatoms. The second-order valence-corrected chi connectivity index (χ2v) is 4.46. The van der Waals surface area contributed by atoms with E-state index in [1.165, 1.54) is 11.6 Å². The Kier molecular flexibility index (Phi) is 3.98. The second kappa shape index (κ2) is 5.67. The van der Waals surface area contributed by atoms with Crippen LogP contribution < -0.4 is 5.32 Å². The smallest absolute Gasteiger partial charge is 0.146 e. The molecule has 0 bridgehead atoms. The number of anilines is 1. The molecule has 1 N–H and O–H groups in total. The molecule has 0 saturated carbocycles. The minimum absolute atomic E-state index is 0.194. The zero-order chi connectivity index (χ0) is 13.0. The lowest BCUT2D eigenvalue weighted by molar-refractivity contribution is 0.629. The normalized spacial score (nSPS) is 10.4. The maximum atomic E-state index is 13.6. The van der Waals surface area contributed by atoms with E-state index < -0.39 is 0 Å². The van der Waals surface area contributed by atoms with Crippen LogP contribution in [0.4, 0.5) is 10.1 Å². The van der Waals surface area contributed by atoms with Crippen LogP contribution in [0.2, 0.25) is 0 Å². The quantitative estimate of drug-likeness (QED) is 0.843. The van der Waals surface area contributed by atoms with Crippen LogP contribution in [0.5, 0.6) is 0 Å². The van der Waals surface area contributed by atoms with E-state index in [0.717, 1.165) is 17.5 Å². The van der Waals surface area contributed by atoms with Gasteiger partial charge in [-0.1, -0.05) is 43.3 Å². The highest BCUT2D eigenvalue weighted by Gasteiger charge is 2.04. The molecular weight excluding hydrogens is 225 g/mol. The average Bonchev–Trinajstić information content (AvgIpc) is 2.39. The summed E-state index contributed by atoms with van der Waals surface area (Å²) >= 11 is 0. The number of hydrogen-bond donors (Lipinski definition) is 1. The third-order valence-electron chi connectivity index (χ3n) is 3.12. The van der Waals surface area contributed by atoms with Crippen molar-refractivity contribution in [3.05, 3.63) is 65.0 Å². The summed E-state index contributed by atoms with van der Waals surface area (Å²) in [5, 5.41) is 3.16.